The Hall–Kier alpha value is -3.66. The predicted molar refractivity (Wildman–Crippen MR) is 115 cm³/mol. The van der Waals surface area contributed by atoms with Crippen LogP contribution < -0.4 is 16.3 Å². The molecule has 1 aliphatic rings. The van der Waals surface area contributed by atoms with E-state index >= 15 is 0 Å². The van der Waals surface area contributed by atoms with Gasteiger partial charge in [-0.3, -0.25) is 4.99 Å². The number of hydrazone groups is 1. The highest BCUT2D eigenvalue weighted by atomic mass is 19.1. The molecule has 0 bridgehead atoms. The van der Waals surface area contributed by atoms with Gasteiger partial charge >= 0.3 is 0 Å². The number of hydrogen-bond donors (Lipinski definition) is 3. The molecule has 1 aromatic carbocycles. The Morgan fingerprint density at radius 2 is 2.13 bits per heavy atom. The summed E-state index contributed by atoms with van der Waals surface area (Å²) in [5.74, 6) is 5.08. The number of pyridine rings is 1. The van der Waals surface area contributed by atoms with Crippen molar-refractivity contribution in [3.05, 3.63) is 64.0 Å². The molecular formula is C21H22FN7O2. The molecule has 2 aromatic heterocycles. The summed E-state index contributed by atoms with van der Waals surface area (Å²) in [5.41, 5.74) is 6.90. The molecule has 0 saturated heterocycles. The Balaban J connectivity index is 1.65. The van der Waals surface area contributed by atoms with Gasteiger partial charge in [0.25, 0.3) is 0 Å². The van der Waals surface area contributed by atoms with Gasteiger partial charge in [-0.2, -0.15) is 9.83 Å². The lowest BCUT2D eigenvalue weighted by Crippen LogP contribution is -2.48. The van der Waals surface area contributed by atoms with E-state index in [1.807, 2.05) is 0 Å². The topological polar surface area (TPSA) is 150 Å². The van der Waals surface area contributed by atoms with Crippen LogP contribution in [0.15, 0.2) is 40.4 Å². The number of halogens is 1. The molecule has 1 fully saturated rings. The van der Waals surface area contributed by atoms with E-state index < -0.39 is 11.4 Å². The summed E-state index contributed by atoms with van der Waals surface area (Å²) in [6.45, 7) is 1.74. The van der Waals surface area contributed by atoms with E-state index in [1.165, 1.54) is 18.3 Å². The Morgan fingerprint density at radius 3 is 2.81 bits per heavy atom. The number of aryl methyl sites for hydroxylation is 1. The van der Waals surface area contributed by atoms with Crippen LogP contribution in [0.5, 0.6) is 0 Å². The molecule has 160 valence electrons. The summed E-state index contributed by atoms with van der Waals surface area (Å²) in [5, 5.41) is 27.3. The molecule has 10 heteroatoms. The highest BCUT2D eigenvalue weighted by molar-refractivity contribution is 6.40. The lowest BCUT2D eigenvalue weighted by molar-refractivity contribution is -0.632. The third-order valence-corrected chi connectivity index (χ3v) is 5.50. The number of fused-ring (bicyclic) bond motifs is 1. The second kappa shape index (κ2) is 7.88. The second-order valence-electron chi connectivity index (χ2n) is 7.62. The average Bonchev–Trinajstić information content (AvgIpc) is 2.71. The number of nitrogens with zero attached hydrogens (tertiary/aromatic N) is 5. The number of hydrogen-bond acceptors (Lipinski definition) is 8. The molecule has 5 N–H and O–H groups in total. The number of rotatable bonds is 5. The SMILES string of the molecule is Cc1cc(F)cc2c(C(C=NCc3cccc(C4(O)CCC4)[n+]3[O-])=NN)nc(N)nc12. The number of aliphatic hydroxyl groups is 1. The summed E-state index contributed by atoms with van der Waals surface area (Å²) < 4.78 is 14.7. The van der Waals surface area contributed by atoms with Gasteiger partial charge in [-0.15, -0.1) is 0 Å². The summed E-state index contributed by atoms with van der Waals surface area (Å²) in [7, 11) is 0. The maximum absolute atomic E-state index is 14.0. The van der Waals surface area contributed by atoms with Gasteiger partial charge in [-0.1, -0.05) is 0 Å². The minimum atomic E-state index is -1.08. The molecular weight excluding hydrogens is 401 g/mol. The second-order valence-corrected chi connectivity index (χ2v) is 7.62. The first-order valence-corrected chi connectivity index (χ1v) is 9.78. The van der Waals surface area contributed by atoms with Crippen molar-refractivity contribution in [3.8, 4) is 0 Å². The maximum Gasteiger partial charge on any atom is 0.224 e. The van der Waals surface area contributed by atoms with Crippen LogP contribution in [0.2, 0.25) is 0 Å². The largest absolute Gasteiger partial charge is 0.618 e. The van der Waals surface area contributed by atoms with E-state index in [2.05, 4.69) is 20.1 Å². The third kappa shape index (κ3) is 3.77. The smallest absolute Gasteiger partial charge is 0.224 e. The minimum Gasteiger partial charge on any atom is -0.618 e. The monoisotopic (exact) mass is 423 g/mol. The van der Waals surface area contributed by atoms with Gasteiger partial charge in [0.2, 0.25) is 17.3 Å². The van der Waals surface area contributed by atoms with Crippen LogP contribution in [0.25, 0.3) is 10.9 Å². The summed E-state index contributed by atoms with van der Waals surface area (Å²) >= 11 is 0. The van der Waals surface area contributed by atoms with Crippen LogP contribution in [0.3, 0.4) is 0 Å². The van der Waals surface area contributed by atoms with Gasteiger partial charge < -0.3 is 21.9 Å². The molecule has 0 amide bonds. The first-order valence-electron chi connectivity index (χ1n) is 9.78. The zero-order valence-corrected chi connectivity index (χ0v) is 16.9. The van der Waals surface area contributed by atoms with Gasteiger partial charge in [0.05, 0.1) is 11.7 Å². The lowest BCUT2D eigenvalue weighted by atomic mass is 9.77. The number of aromatic nitrogens is 3. The first-order chi connectivity index (χ1) is 14.8. The molecule has 1 aliphatic carbocycles. The van der Waals surface area contributed by atoms with Crippen LogP contribution in [-0.4, -0.2) is 27.0 Å². The van der Waals surface area contributed by atoms with E-state index in [0.717, 1.165) is 6.42 Å². The van der Waals surface area contributed by atoms with E-state index in [4.69, 9.17) is 11.6 Å². The van der Waals surface area contributed by atoms with Crippen molar-refractivity contribution in [3.63, 3.8) is 0 Å². The Morgan fingerprint density at radius 1 is 1.35 bits per heavy atom. The maximum atomic E-state index is 14.0. The molecule has 2 heterocycles. The molecule has 0 atom stereocenters. The van der Waals surface area contributed by atoms with Gasteiger partial charge in [0.1, 0.15) is 29.4 Å². The number of aliphatic imine (C=N–C) groups is 1. The molecule has 0 unspecified atom stereocenters. The van der Waals surface area contributed by atoms with E-state index in [1.54, 1.807) is 25.1 Å². The lowest BCUT2D eigenvalue weighted by Gasteiger charge is -2.34. The zero-order chi connectivity index (χ0) is 22.2. The van der Waals surface area contributed by atoms with Crippen molar-refractivity contribution in [1.29, 1.82) is 0 Å². The number of nitrogens with two attached hydrogens (primary N) is 2. The fraction of sp³-hybridized carbons (Fsp3) is 0.286. The molecule has 0 aliphatic heterocycles. The Labute approximate surface area is 177 Å². The standard InChI is InChI=1S/C21H22FN7O2/c1-12-8-13(22)9-15-18(12)26-20(23)27-19(15)16(28-24)11-25-10-14-4-2-5-17(29(14)31)21(30)6-3-7-21/h2,4-5,8-9,11,30H,3,6-7,10,24H2,1H3,(H2,23,26,27). The van der Waals surface area contributed by atoms with Crippen molar-refractivity contribution in [2.75, 3.05) is 5.73 Å². The molecule has 3 aromatic rings. The normalized spacial score (nSPS) is 16.0. The highest BCUT2D eigenvalue weighted by Gasteiger charge is 2.42. The van der Waals surface area contributed by atoms with Crippen LogP contribution in [0.1, 0.15) is 41.9 Å². The van der Waals surface area contributed by atoms with Crippen LogP contribution in [0.4, 0.5) is 10.3 Å². The van der Waals surface area contributed by atoms with E-state index in [9.17, 15) is 14.7 Å². The predicted octanol–water partition coefficient (Wildman–Crippen LogP) is 1.60. The quantitative estimate of drug-likeness (QED) is 0.186. The van der Waals surface area contributed by atoms with Crippen molar-refractivity contribution >= 4 is 28.8 Å². The molecule has 4 rings (SSSR count). The van der Waals surface area contributed by atoms with Crippen LogP contribution >= 0.6 is 0 Å². The van der Waals surface area contributed by atoms with E-state index in [0.29, 0.717) is 45.4 Å². The highest BCUT2D eigenvalue weighted by Crippen LogP contribution is 2.39. The number of benzene rings is 1. The van der Waals surface area contributed by atoms with Crippen molar-refractivity contribution in [2.24, 2.45) is 15.9 Å². The van der Waals surface area contributed by atoms with Gasteiger partial charge in [-0.25, -0.2) is 14.4 Å². The molecule has 31 heavy (non-hydrogen) atoms. The molecule has 9 nitrogen and oxygen atoms in total. The summed E-state index contributed by atoms with van der Waals surface area (Å²) in [6.07, 6.45) is 3.35. The summed E-state index contributed by atoms with van der Waals surface area (Å²) in [4.78, 5) is 12.6. The number of anilines is 1. The fourth-order valence-corrected chi connectivity index (χ4v) is 3.72. The minimum absolute atomic E-state index is 0.00870. The number of nitrogen functional groups attached to an aromatic ring is 1. The molecule has 0 radical (unpaired) electrons. The fourth-order valence-electron chi connectivity index (χ4n) is 3.72. The van der Waals surface area contributed by atoms with Crippen LogP contribution in [0, 0.1) is 17.9 Å². The van der Waals surface area contributed by atoms with Gasteiger partial charge in [-0.05, 0) is 49.9 Å². The first kappa shape index (κ1) is 20.6. The third-order valence-electron chi connectivity index (χ3n) is 5.50. The van der Waals surface area contributed by atoms with Crippen molar-refractivity contribution in [2.45, 2.75) is 38.3 Å². The average molecular weight is 423 g/mol. The molecule has 1 saturated carbocycles. The Bertz CT molecular complexity index is 1220. The van der Waals surface area contributed by atoms with Crippen molar-refractivity contribution < 1.29 is 14.2 Å². The van der Waals surface area contributed by atoms with Crippen LogP contribution in [-0.2, 0) is 12.1 Å². The zero-order valence-electron chi connectivity index (χ0n) is 16.9. The summed E-state index contributed by atoms with van der Waals surface area (Å²) in [6, 6.07) is 7.60. The van der Waals surface area contributed by atoms with E-state index in [-0.39, 0.29) is 23.9 Å². The van der Waals surface area contributed by atoms with Crippen molar-refractivity contribution in [1.82, 2.24) is 9.97 Å². The molecule has 0 spiro atoms. The Kier molecular flexibility index (Phi) is 5.24. The van der Waals surface area contributed by atoms with Gasteiger partial charge in [0.15, 0.2) is 0 Å². The van der Waals surface area contributed by atoms with Gasteiger partial charge in [0, 0.05) is 17.5 Å².